The van der Waals surface area contributed by atoms with Gasteiger partial charge in [0.05, 0.1) is 10.7 Å². The van der Waals surface area contributed by atoms with E-state index in [1.165, 1.54) is 12.8 Å². The summed E-state index contributed by atoms with van der Waals surface area (Å²) in [6.07, 6.45) is 4.61. The van der Waals surface area contributed by atoms with Crippen LogP contribution in [0.3, 0.4) is 0 Å². The lowest BCUT2D eigenvalue weighted by Crippen LogP contribution is -2.35. The molecule has 1 saturated heterocycles. The van der Waals surface area contributed by atoms with Crippen LogP contribution in [0.25, 0.3) is 0 Å². The summed E-state index contributed by atoms with van der Waals surface area (Å²) in [4.78, 5) is 14.0. The number of halogens is 2. The maximum atomic E-state index is 12.1. The molecule has 0 unspecified atom stereocenters. The van der Waals surface area contributed by atoms with Crippen LogP contribution in [0.5, 0.6) is 0 Å². The number of carbonyl (C=O) groups excluding carboxylic acids is 1. The van der Waals surface area contributed by atoms with E-state index < -0.39 is 0 Å². The summed E-state index contributed by atoms with van der Waals surface area (Å²) in [5.41, 5.74) is 0.686. The second-order valence-electron chi connectivity index (χ2n) is 4.46. The number of nitrogens with one attached hydrogen (secondary N) is 1. The molecule has 0 radical (unpaired) electrons. The Balaban J connectivity index is 2.01. The monoisotopic (exact) mass is 378 g/mol. The minimum atomic E-state index is -0.0417. The van der Waals surface area contributed by atoms with E-state index in [9.17, 15) is 4.79 Å². The molecule has 18 heavy (non-hydrogen) atoms. The zero-order valence-corrected chi connectivity index (χ0v) is 13.0. The predicted molar refractivity (Wildman–Crippen MR) is 83.2 cm³/mol. The van der Waals surface area contributed by atoms with Gasteiger partial charge >= 0.3 is 6.03 Å². The van der Waals surface area contributed by atoms with Gasteiger partial charge in [-0.05, 0) is 53.6 Å². The van der Waals surface area contributed by atoms with Crippen LogP contribution in [-0.4, -0.2) is 24.0 Å². The van der Waals surface area contributed by atoms with E-state index in [1.54, 1.807) is 0 Å². The molecule has 0 aliphatic carbocycles. The highest BCUT2D eigenvalue weighted by molar-refractivity contribution is 14.1. The van der Waals surface area contributed by atoms with Gasteiger partial charge < -0.3 is 10.2 Å². The van der Waals surface area contributed by atoms with Crippen LogP contribution in [0, 0.1) is 3.57 Å². The molecule has 1 aliphatic rings. The highest BCUT2D eigenvalue weighted by Gasteiger charge is 2.16. The van der Waals surface area contributed by atoms with Crippen molar-refractivity contribution >= 4 is 45.9 Å². The zero-order chi connectivity index (χ0) is 13.0. The summed E-state index contributed by atoms with van der Waals surface area (Å²) in [6, 6.07) is 5.59. The van der Waals surface area contributed by atoms with Crippen molar-refractivity contribution in [3.05, 3.63) is 26.8 Å². The van der Waals surface area contributed by atoms with Crippen molar-refractivity contribution in [2.75, 3.05) is 18.4 Å². The molecule has 0 bridgehead atoms. The molecule has 0 atom stereocenters. The Bertz CT molecular complexity index is 431. The van der Waals surface area contributed by atoms with Gasteiger partial charge in [0.25, 0.3) is 0 Å². The van der Waals surface area contributed by atoms with Gasteiger partial charge in [-0.1, -0.05) is 24.4 Å². The fourth-order valence-electron chi connectivity index (χ4n) is 2.06. The Morgan fingerprint density at radius 3 is 2.50 bits per heavy atom. The molecule has 1 heterocycles. The van der Waals surface area contributed by atoms with E-state index in [0.717, 1.165) is 29.5 Å². The van der Waals surface area contributed by atoms with Crippen molar-refractivity contribution < 1.29 is 4.79 Å². The van der Waals surface area contributed by atoms with Crippen molar-refractivity contribution in [1.29, 1.82) is 0 Å². The van der Waals surface area contributed by atoms with E-state index in [0.29, 0.717) is 10.7 Å². The number of benzene rings is 1. The number of carbonyl (C=O) groups is 1. The molecule has 1 fully saturated rings. The van der Waals surface area contributed by atoms with Crippen molar-refractivity contribution in [2.45, 2.75) is 25.7 Å². The van der Waals surface area contributed by atoms with Gasteiger partial charge in [-0.25, -0.2) is 4.79 Å². The number of likely N-dealkylation sites (tertiary alicyclic amines) is 1. The number of amides is 2. The lowest BCUT2D eigenvalue weighted by atomic mass is 10.2. The third-order valence-corrected chi connectivity index (χ3v) is 4.05. The van der Waals surface area contributed by atoms with Gasteiger partial charge in [0.1, 0.15) is 0 Å². The molecule has 0 aromatic heterocycles. The van der Waals surface area contributed by atoms with Gasteiger partial charge in [0.2, 0.25) is 0 Å². The molecule has 3 nitrogen and oxygen atoms in total. The van der Waals surface area contributed by atoms with E-state index in [-0.39, 0.29) is 6.03 Å². The second kappa shape index (κ2) is 6.61. The largest absolute Gasteiger partial charge is 0.325 e. The molecular formula is C13H16ClIN2O. The van der Waals surface area contributed by atoms with Gasteiger partial charge in [0, 0.05) is 16.7 Å². The Labute approximate surface area is 126 Å². The number of urea groups is 1. The quantitative estimate of drug-likeness (QED) is 0.724. The minimum absolute atomic E-state index is 0.0417. The third-order valence-electron chi connectivity index (χ3n) is 3.07. The average Bonchev–Trinajstić information content (AvgIpc) is 2.61. The number of anilines is 1. The van der Waals surface area contributed by atoms with Gasteiger partial charge in [-0.3, -0.25) is 0 Å². The van der Waals surface area contributed by atoms with Crippen LogP contribution in [0.1, 0.15) is 25.7 Å². The fraction of sp³-hybridized carbons (Fsp3) is 0.462. The van der Waals surface area contributed by atoms with Crippen LogP contribution in [0.15, 0.2) is 18.2 Å². The van der Waals surface area contributed by atoms with Gasteiger partial charge in [0.15, 0.2) is 0 Å². The molecule has 1 aromatic rings. The highest BCUT2D eigenvalue weighted by Crippen LogP contribution is 2.24. The van der Waals surface area contributed by atoms with Gasteiger partial charge in [-0.2, -0.15) is 0 Å². The summed E-state index contributed by atoms with van der Waals surface area (Å²) in [5.74, 6) is 0. The molecular weight excluding hydrogens is 363 g/mol. The summed E-state index contributed by atoms with van der Waals surface area (Å²) in [5, 5.41) is 3.47. The molecule has 1 aliphatic heterocycles. The minimum Gasteiger partial charge on any atom is -0.325 e. The van der Waals surface area contributed by atoms with Crippen molar-refractivity contribution in [3.63, 3.8) is 0 Å². The standard InChI is InChI=1S/C13H16ClIN2O/c14-11-9-10(15)5-6-12(11)16-13(18)17-7-3-1-2-4-8-17/h5-6,9H,1-4,7-8H2,(H,16,18). The first kappa shape index (κ1) is 13.9. The Morgan fingerprint density at radius 1 is 1.22 bits per heavy atom. The van der Waals surface area contributed by atoms with Crippen molar-refractivity contribution in [2.24, 2.45) is 0 Å². The van der Waals surface area contributed by atoms with E-state index in [2.05, 4.69) is 27.9 Å². The van der Waals surface area contributed by atoms with Crippen molar-refractivity contribution in [3.8, 4) is 0 Å². The summed E-state index contributed by atoms with van der Waals surface area (Å²) in [7, 11) is 0. The first-order chi connectivity index (χ1) is 8.66. The Hall–Kier alpha value is -0.490. The summed E-state index contributed by atoms with van der Waals surface area (Å²) < 4.78 is 1.06. The molecule has 2 rings (SSSR count). The maximum Gasteiger partial charge on any atom is 0.321 e. The Kier molecular flexibility index (Phi) is 5.12. The number of rotatable bonds is 1. The second-order valence-corrected chi connectivity index (χ2v) is 6.11. The first-order valence-corrected chi connectivity index (χ1v) is 7.63. The number of hydrogen-bond donors (Lipinski definition) is 1. The predicted octanol–water partition coefficient (Wildman–Crippen LogP) is 4.35. The molecule has 1 N–H and O–H groups in total. The molecule has 2 amide bonds. The number of hydrogen-bond acceptors (Lipinski definition) is 1. The molecule has 1 aromatic carbocycles. The summed E-state index contributed by atoms with van der Waals surface area (Å²) >= 11 is 8.30. The van der Waals surface area contributed by atoms with Crippen LogP contribution < -0.4 is 5.32 Å². The summed E-state index contributed by atoms with van der Waals surface area (Å²) in [6.45, 7) is 1.68. The fourth-order valence-corrected chi connectivity index (χ4v) is 2.96. The average molecular weight is 379 g/mol. The molecule has 0 spiro atoms. The third kappa shape index (κ3) is 3.75. The van der Waals surface area contributed by atoms with Crippen molar-refractivity contribution in [1.82, 2.24) is 4.90 Å². The lowest BCUT2D eigenvalue weighted by Gasteiger charge is -2.21. The van der Waals surface area contributed by atoms with Gasteiger partial charge in [-0.15, -0.1) is 0 Å². The lowest BCUT2D eigenvalue weighted by molar-refractivity contribution is 0.214. The SMILES string of the molecule is O=C(Nc1ccc(I)cc1Cl)N1CCCCCC1. The molecule has 5 heteroatoms. The normalized spacial score (nSPS) is 16.2. The van der Waals surface area contributed by atoms with Crippen LogP contribution in [-0.2, 0) is 0 Å². The zero-order valence-electron chi connectivity index (χ0n) is 10.1. The first-order valence-electron chi connectivity index (χ1n) is 6.18. The smallest absolute Gasteiger partial charge is 0.321 e. The number of nitrogens with zero attached hydrogens (tertiary/aromatic N) is 1. The van der Waals surface area contributed by atoms with Crippen LogP contribution >= 0.6 is 34.2 Å². The van der Waals surface area contributed by atoms with E-state index >= 15 is 0 Å². The van der Waals surface area contributed by atoms with Crippen LogP contribution in [0.2, 0.25) is 5.02 Å². The maximum absolute atomic E-state index is 12.1. The van der Waals surface area contributed by atoms with E-state index in [4.69, 9.17) is 11.6 Å². The van der Waals surface area contributed by atoms with E-state index in [1.807, 2.05) is 23.1 Å². The molecule has 98 valence electrons. The molecule has 0 saturated carbocycles. The topological polar surface area (TPSA) is 32.3 Å². The Morgan fingerprint density at radius 2 is 1.89 bits per heavy atom. The highest BCUT2D eigenvalue weighted by atomic mass is 127. The van der Waals surface area contributed by atoms with Crippen LogP contribution in [0.4, 0.5) is 10.5 Å².